The van der Waals surface area contributed by atoms with E-state index in [2.05, 4.69) is 26.0 Å². The summed E-state index contributed by atoms with van der Waals surface area (Å²) in [6, 6.07) is 7.37. The maximum absolute atomic E-state index is 14.1. The van der Waals surface area contributed by atoms with Crippen LogP contribution in [0.25, 0.3) is 6.08 Å². The molecule has 1 saturated carbocycles. The Morgan fingerprint density at radius 1 is 1.24 bits per heavy atom. The van der Waals surface area contributed by atoms with Gasteiger partial charge in [0.25, 0.3) is 5.56 Å². The molecule has 0 spiro atoms. The molecule has 4 rings (SSSR count). The van der Waals surface area contributed by atoms with Crippen LogP contribution in [0.2, 0.25) is 0 Å². The minimum absolute atomic E-state index is 0.0110. The summed E-state index contributed by atoms with van der Waals surface area (Å²) in [5, 5.41) is 13.5. The summed E-state index contributed by atoms with van der Waals surface area (Å²) in [5.74, 6) is -0.611. The van der Waals surface area contributed by atoms with Crippen LogP contribution >= 0.6 is 23.7 Å². The molecule has 42 heavy (non-hydrogen) atoms. The normalized spacial score (nSPS) is 23.6. The molecule has 0 radical (unpaired) electrons. The lowest BCUT2D eigenvalue weighted by molar-refractivity contribution is -0.153. The van der Waals surface area contributed by atoms with Gasteiger partial charge in [0.05, 0.1) is 18.3 Å². The molecule has 3 N–H and O–H groups in total. The maximum atomic E-state index is 14.1. The van der Waals surface area contributed by atoms with Gasteiger partial charge in [0.1, 0.15) is 30.2 Å². The first-order chi connectivity index (χ1) is 20.1. The van der Waals surface area contributed by atoms with E-state index in [9.17, 15) is 24.1 Å². The Balaban J connectivity index is 1.50. The second-order valence-corrected chi connectivity index (χ2v) is 12.9. The first-order valence-corrected chi connectivity index (χ1v) is 16.5. The van der Waals surface area contributed by atoms with Crippen molar-refractivity contribution >= 4 is 35.7 Å². The lowest BCUT2D eigenvalue weighted by Crippen LogP contribution is -2.43. The summed E-state index contributed by atoms with van der Waals surface area (Å²) >= 11 is 3.11. The SMILES string of the molecule is CC(C)[C@H](NP(=O)(OCC1OC(n2cc(/C=C/Br)c(=O)[nH]c2=O)CC1O)Oc1ccccc1)C(=O)OC1CCCCC1. The van der Waals surface area contributed by atoms with Crippen molar-refractivity contribution in [3.05, 3.63) is 67.9 Å². The first kappa shape index (κ1) is 32.4. The number of halogens is 1. The van der Waals surface area contributed by atoms with Gasteiger partial charge in [-0.25, -0.2) is 9.36 Å². The highest BCUT2D eigenvalue weighted by Gasteiger charge is 2.41. The lowest BCUT2D eigenvalue weighted by Gasteiger charge is -2.29. The number of hydrogen-bond acceptors (Lipinski definition) is 9. The van der Waals surface area contributed by atoms with Crippen LogP contribution in [-0.4, -0.2) is 51.6 Å². The molecular weight excluding hydrogens is 633 g/mol. The summed E-state index contributed by atoms with van der Waals surface area (Å²) in [5.41, 5.74) is -1.08. The fraction of sp³-hybridized carbons (Fsp3) is 0.536. The zero-order chi connectivity index (χ0) is 30.3. The van der Waals surface area contributed by atoms with Gasteiger partial charge < -0.3 is 19.1 Å². The summed E-state index contributed by atoms with van der Waals surface area (Å²) in [4.78, 5) is 41.4. The molecule has 14 heteroatoms. The molecule has 0 amide bonds. The molecule has 2 fully saturated rings. The van der Waals surface area contributed by atoms with Crippen molar-refractivity contribution in [2.75, 3.05) is 6.61 Å². The second kappa shape index (κ2) is 14.8. The van der Waals surface area contributed by atoms with Gasteiger partial charge in [-0.05, 0) is 54.8 Å². The largest absolute Gasteiger partial charge is 0.461 e. The average Bonchev–Trinajstić information content (AvgIpc) is 3.33. The van der Waals surface area contributed by atoms with Crippen LogP contribution in [0.15, 0.2) is 51.1 Å². The number of aromatic amines is 1. The summed E-state index contributed by atoms with van der Waals surface area (Å²) < 4.78 is 38.5. The fourth-order valence-electron chi connectivity index (χ4n) is 4.88. The van der Waals surface area contributed by atoms with E-state index in [0.29, 0.717) is 0 Å². The summed E-state index contributed by atoms with van der Waals surface area (Å²) in [7, 11) is -4.23. The monoisotopic (exact) mass is 669 g/mol. The lowest BCUT2D eigenvalue weighted by atomic mass is 9.97. The number of esters is 1. The van der Waals surface area contributed by atoms with Gasteiger partial charge in [-0.15, -0.1) is 0 Å². The molecule has 1 saturated heterocycles. The summed E-state index contributed by atoms with van der Waals surface area (Å²) in [6.45, 7) is 3.20. The van der Waals surface area contributed by atoms with Crippen molar-refractivity contribution in [2.24, 2.45) is 5.92 Å². The number of H-pyrrole nitrogens is 1. The van der Waals surface area contributed by atoms with Crippen molar-refractivity contribution in [1.29, 1.82) is 0 Å². The maximum Gasteiger partial charge on any atom is 0.459 e. The molecule has 1 aromatic carbocycles. The van der Waals surface area contributed by atoms with Crippen LogP contribution in [0.3, 0.4) is 0 Å². The third kappa shape index (κ3) is 8.52. The highest BCUT2D eigenvalue weighted by atomic mass is 79.9. The number of nitrogens with one attached hydrogen (secondary N) is 2. The number of para-hydroxylation sites is 1. The number of aliphatic hydroxyl groups is 1. The zero-order valence-electron chi connectivity index (χ0n) is 23.5. The number of carbonyl (C=O) groups excluding carboxylic acids is 1. The minimum atomic E-state index is -4.23. The number of ether oxygens (including phenoxy) is 2. The van der Waals surface area contributed by atoms with Crippen LogP contribution in [0.5, 0.6) is 5.75 Å². The van der Waals surface area contributed by atoms with E-state index >= 15 is 0 Å². The van der Waals surface area contributed by atoms with E-state index in [1.807, 2.05) is 0 Å². The van der Waals surface area contributed by atoms with Crippen molar-refractivity contribution in [2.45, 2.75) is 83.0 Å². The van der Waals surface area contributed by atoms with Gasteiger partial charge in [-0.3, -0.25) is 23.7 Å². The molecule has 4 unspecified atom stereocenters. The molecule has 1 aliphatic carbocycles. The smallest absolute Gasteiger partial charge is 0.459 e. The Morgan fingerprint density at radius 3 is 2.62 bits per heavy atom. The molecule has 2 aliphatic rings. The number of rotatable bonds is 12. The Labute approximate surface area is 252 Å². The summed E-state index contributed by atoms with van der Waals surface area (Å²) in [6.07, 6.45) is 4.27. The molecule has 1 aliphatic heterocycles. The van der Waals surface area contributed by atoms with E-state index < -0.39 is 49.4 Å². The highest BCUT2D eigenvalue weighted by molar-refractivity contribution is 9.11. The van der Waals surface area contributed by atoms with Gasteiger partial charge >= 0.3 is 19.4 Å². The predicted molar refractivity (Wildman–Crippen MR) is 159 cm³/mol. The number of carbonyl (C=O) groups is 1. The van der Waals surface area contributed by atoms with Gasteiger partial charge in [-0.1, -0.05) is 54.4 Å². The topological polar surface area (TPSA) is 158 Å². The number of aromatic nitrogens is 2. The Morgan fingerprint density at radius 2 is 1.95 bits per heavy atom. The van der Waals surface area contributed by atoms with E-state index in [0.717, 1.165) is 32.1 Å². The van der Waals surface area contributed by atoms with Crippen molar-refractivity contribution in [1.82, 2.24) is 14.6 Å². The molecule has 0 bridgehead atoms. The number of hydrogen-bond donors (Lipinski definition) is 3. The molecule has 5 atom stereocenters. The van der Waals surface area contributed by atoms with Gasteiger partial charge in [0.2, 0.25) is 0 Å². The van der Waals surface area contributed by atoms with Gasteiger partial charge in [-0.2, -0.15) is 5.09 Å². The molecule has 12 nitrogen and oxygen atoms in total. The van der Waals surface area contributed by atoms with Crippen molar-refractivity contribution < 1.29 is 33.0 Å². The minimum Gasteiger partial charge on any atom is -0.461 e. The van der Waals surface area contributed by atoms with E-state index in [1.54, 1.807) is 44.2 Å². The van der Waals surface area contributed by atoms with Crippen LogP contribution in [0.4, 0.5) is 0 Å². The molecule has 1 aromatic heterocycles. The van der Waals surface area contributed by atoms with Crippen LogP contribution < -0.4 is 20.9 Å². The van der Waals surface area contributed by atoms with Gasteiger partial charge in [0, 0.05) is 12.6 Å². The van der Waals surface area contributed by atoms with E-state index in [1.165, 1.54) is 21.8 Å². The number of benzene rings is 1. The van der Waals surface area contributed by atoms with Gasteiger partial charge in [0.15, 0.2) is 0 Å². The predicted octanol–water partition coefficient (Wildman–Crippen LogP) is 4.24. The first-order valence-electron chi connectivity index (χ1n) is 14.0. The molecular formula is C28H37BrN3O9P. The van der Waals surface area contributed by atoms with Crippen LogP contribution in [0, 0.1) is 5.92 Å². The fourth-order valence-corrected chi connectivity index (χ4v) is 6.84. The van der Waals surface area contributed by atoms with Crippen molar-refractivity contribution in [3.63, 3.8) is 0 Å². The standard InChI is InChI=1S/C28H37BrN3O9P/c1-18(2)25(27(35)39-20-9-5-3-6-10-20)31-42(37,41-21-11-7-4-8-12-21)38-17-23-22(33)15-24(40-23)32-16-19(13-14-29)26(34)30-28(32)36/h4,7-8,11-14,16,18,20,22-25,33H,3,5-6,9-10,15,17H2,1-2H3,(H,31,37)(H,30,34,36)/b14-13+/t22?,23?,24?,25-,42?/m0/s1. The van der Waals surface area contributed by atoms with E-state index in [4.69, 9.17) is 18.5 Å². The molecule has 2 aromatic rings. The second-order valence-electron chi connectivity index (χ2n) is 10.7. The number of nitrogens with zero attached hydrogens (tertiary/aromatic N) is 1. The number of aliphatic hydroxyl groups excluding tert-OH is 1. The Kier molecular flexibility index (Phi) is 11.4. The Bertz CT molecular complexity index is 1390. The van der Waals surface area contributed by atoms with Crippen LogP contribution in [-0.2, 0) is 23.4 Å². The van der Waals surface area contributed by atoms with Crippen LogP contribution in [0.1, 0.15) is 64.2 Å². The third-order valence-electron chi connectivity index (χ3n) is 7.18. The highest BCUT2D eigenvalue weighted by Crippen LogP contribution is 2.46. The quantitative estimate of drug-likeness (QED) is 0.220. The average molecular weight is 670 g/mol. The molecule has 230 valence electrons. The Hall–Kier alpha value is -2.54. The van der Waals surface area contributed by atoms with Crippen molar-refractivity contribution in [3.8, 4) is 5.75 Å². The van der Waals surface area contributed by atoms with E-state index in [-0.39, 0.29) is 36.4 Å². The molecule has 2 heterocycles. The third-order valence-corrected chi connectivity index (χ3v) is 8.98. The zero-order valence-corrected chi connectivity index (χ0v) is 26.0.